The minimum absolute atomic E-state index is 0.264. The molecule has 2 aliphatic carbocycles. The van der Waals surface area contributed by atoms with Gasteiger partial charge in [-0.2, -0.15) is 0 Å². The van der Waals surface area contributed by atoms with Crippen molar-refractivity contribution in [3.8, 4) is 0 Å². The molecule has 0 amide bonds. The first-order chi connectivity index (χ1) is 5.96. The van der Waals surface area contributed by atoms with Gasteiger partial charge in [-0.1, -0.05) is 27.2 Å². The molecular formula is C12H20O. The predicted octanol–water partition coefficient (Wildman–Crippen LogP) is 3.18. The van der Waals surface area contributed by atoms with E-state index in [1.807, 2.05) is 0 Å². The zero-order valence-electron chi connectivity index (χ0n) is 9.02. The average Bonchev–Trinajstić information content (AvgIpc) is 2.27. The Bertz CT molecular complexity index is 242. The van der Waals surface area contributed by atoms with Gasteiger partial charge in [-0.25, -0.2) is 0 Å². The summed E-state index contributed by atoms with van der Waals surface area (Å²) in [5.74, 6) is 0.890. The molecule has 2 atom stereocenters. The highest BCUT2D eigenvalue weighted by Gasteiger charge is 2.53. The van der Waals surface area contributed by atoms with Gasteiger partial charge in [0, 0.05) is 12.3 Å². The van der Waals surface area contributed by atoms with Gasteiger partial charge in [0.1, 0.15) is 5.78 Å². The lowest BCUT2D eigenvalue weighted by Gasteiger charge is -2.46. The fraction of sp³-hybridized carbons (Fsp3) is 0.917. The standard InChI is InChI=1S/C12H20O/c1-11(2)6-4-7-12(3)8-5-9(13)10(11)12/h10H,4-8H2,1-3H3/t10-,12+/m0/s1. The smallest absolute Gasteiger partial charge is 0.137 e. The average molecular weight is 180 g/mol. The van der Waals surface area contributed by atoms with E-state index >= 15 is 0 Å². The lowest BCUT2D eigenvalue weighted by atomic mass is 9.58. The SMILES string of the molecule is CC1(C)CCC[C@]2(C)CCC(=O)[C@@H]12. The summed E-state index contributed by atoms with van der Waals surface area (Å²) in [6.45, 7) is 6.88. The first-order valence-electron chi connectivity index (χ1n) is 5.48. The molecule has 0 bridgehead atoms. The molecule has 2 aliphatic rings. The van der Waals surface area contributed by atoms with Gasteiger partial charge >= 0.3 is 0 Å². The van der Waals surface area contributed by atoms with Crippen molar-refractivity contribution >= 4 is 5.78 Å². The van der Waals surface area contributed by atoms with E-state index in [2.05, 4.69) is 20.8 Å². The van der Waals surface area contributed by atoms with Gasteiger partial charge in [-0.3, -0.25) is 4.79 Å². The number of carbonyl (C=O) groups is 1. The van der Waals surface area contributed by atoms with Crippen molar-refractivity contribution in [2.45, 2.75) is 52.9 Å². The number of ketones is 1. The topological polar surface area (TPSA) is 17.1 Å². The molecule has 0 aliphatic heterocycles. The number of rotatable bonds is 0. The first-order valence-corrected chi connectivity index (χ1v) is 5.48. The largest absolute Gasteiger partial charge is 0.299 e. The number of Topliss-reactive ketones (excluding diaryl/α,β-unsaturated/α-hetero) is 1. The van der Waals surface area contributed by atoms with Crippen LogP contribution in [-0.4, -0.2) is 5.78 Å². The van der Waals surface area contributed by atoms with Gasteiger partial charge in [0.25, 0.3) is 0 Å². The van der Waals surface area contributed by atoms with Crippen LogP contribution in [0.3, 0.4) is 0 Å². The third-order valence-corrected chi connectivity index (χ3v) is 4.31. The molecule has 0 unspecified atom stereocenters. The Morgan fingerprint density at radius 2 is 1.85 bits per heavy atom. The van der Waals surface area contributed by atoms with E-state index in [1.165, 1.54) is 19.3 Å². The van der Waals surface area contributed by atoms with Crippen molar-refractivity contribution in [2.24, 2.45) is 16.7 Å². The van der Waals surface area contributed by atoms with E-state index in [-0.39, 0.29) is 5.41 Å². The van der Waals surface area contributed by atoms with Crippen molar-refractivity contribution in [3.63, 3.8) is 0 Å². The van der Waals surface area contributed by atoms with Gasteiger partial charge in [0.05, 0.1) is 0 Å². The van der Waals surface area contributed by atoms with E-state index in [0.717, 1.165) is 12.8 Å². The molecule has 0 N–H and O–H groups in total. The quantitative estimate of drug-likeness (QED) is 0.559. The Morgan fingerprint density at radius 3 is 2.46 bits per heavy atom. The third kappa shape index (κ3) is 1.24. The number of carbonyl (C=O) groups excluding carboxylic acids is 1. The second kappa shape index (κ2) is 2.59. The van der Waals surface area contributed by atoms with Gasteiger partial charge < -0.3 is 0 Å². The Kier molecular flexibility index (Phi) is 1.84. The summed E-state index contributed by atoms with van der Waals surface area (Å²) in [6.07, 6.45) is 5.80. The van der Waals surface area contributed by atoms with Crippen LogP contribution in [0.4, 0.5) is 0 Å². The van der Waals surface area contributed by atoms with Crippen molar-refractivity contribution in [2.75, 3.05) is 0 Å². The normalized spacial score (nSPS) is 43.3. The molecule has 0 radical (unpaired) electrons. The van der Waals surface area contributed by atoms with Crippen LogP contribution in [0.1, 0.15) is 52.9 Å². The van der Waals surface area contributed by atoms with Crippen LogP contribution in [0.15, 0.2) is 0 Å². The van der Waals surface area contributed by atoms with E-state index in [0.29, 0.717) is 17.1 Å². The van der Waals surface area contributed by atoms with Crippen molar-refractivity contribution in [1.82, 2.24) is 0 Å². The molecule has 13 heavy (non-hydrogen) atoms. The fourth-order valence-corrected chi connectivity index (χ4v) is 3.83. The summed E-state index contributed by atoms with van der Waals surface area (Å²) in [7, 11) is 0. The lowest BCUT2D eigenvalue weighted by molar-refractivity contribution is -0.128. The summed E-state index contributed by atoms with van der Waals surface area (Å²) in [5, 5.41) is 0. The number of fused-ring (bicyclic) bond motifs is 1. The monoisotopic (exact) mass is 180 g/mol. The van der Waals surface area contributed by atoms with Crippen LogP contribution in [0.5, 0.6) is 0 Å². The zero-order chi connectivity index (χ0) is 9.69. The minimum atomic E-state index is 0.264. The molecule has 0 aromatic heterocycles. The maximum atomic E-state index is 11.8. The van der Waals surface area contributed by atoms with Gasteiger partial charge in [-0.05, 0) is 30.1 Å². The summed E-state index contributed by atoms with van der Waals surface area (Å²) in [6, 6.07) is 0. The van der Waals surface area contributed by atoms with E-state index in [4.69, 9.17) is 0 Å². The maximum Gasteiger partial charge on any atom is 0.137 e. The molecule has 1 nitrogen and oxygen atoms in total. The van der Waals surface area contributed by atoms with E-state index in [9.17, 15) is 4.79 Å². The summed E-state index contributed by atoms with van der Waals surface area (Å²) >= 11 is 0. The zero-order valence-corrected chi connectivity index (χ0v) is 9.02. The van der Waals surface area contributed by atoms with Crippen LogP contribution < -0.4 is 0 Å². The molecule has 0 aromatic rings. The Labute approximate surface area is 80.9 Å². The highest BCUT2D eigenvalue weighted by Crippen LogP contribution is 2.57. The second-order valence-electron chi connectivity index (χ2n) is 5.90. The molecule has 2 rings (SSSR count). The van der Waals surface area contributed by atoms with E-state index < -0.39 is 0 Å². The number of hydrogen-bond donors (Lipinski definition) is 0. The minimum Gasteiger partial charge on any atom is -0.299 e. The molecule has 0 heterocycles. The molecule has 2 saturated carbocycles. The van der Waals surface area contributed by atoms with Crippen molar-refractivity contribution < 1.29 is 4.79 Å². The van der Waals surface area contributed by atoms with Crippen LogP contribution in [0.2, 0.25) is 0 Å². The van der Waals surface area contributed by atoms with Gasteiger partial charge in [0.15, 0.2) is 0 Å². The maximum absolute atomic E-state index is 11.8. The van der Waals surface area contributed by atoms with Crippen LogP contribution >= 0.6 is 0 Å². The summed E-state index contributed by atoms with van der Waals surface area (Å²) < 4.78 is 0. The molecular weight excluding hydrogens is 160 g/mol. The second-order valence-corrected chi connectivity index (χ2v) is 5.90. The van der Waals surface area contributed by atoms with Crippen LogP contribution in [-0.2, 0) is 4.79 Å². The van der Waals surface area contributed by atoms with Crippen LogP contribution in [0.25, 0.3) is 0 Å². The highest BCUT2D eigenvalue weighted by molar-refractivity contribution is 5.85. The Hall–Kier alpha value is -0.330. The lowest BCUT2D eigenvalue weighted by Crippen LogP contribution is -2.41. The highest BCUT2D eigenvalue weighted by atomic mass is 16.1. The summed E-state index contributed by atoms with van der Waals surface area (Å²) in [4.78, 5) is 11.8. The van der Waals surface area contributed by atoms with E-state index in [1.54, 1.807) is 0 Å². The Balaban J connectivity index is 2.35. The molecule has 2 fully saturated rings. The predicted molar refractivity (Wildman–Crippen MR) is 53.5 cm³/mol. The molecule has 1 heteroatoms. The van der Waals surface area contributed by atoms with Gasteiger partial charge in [-0.15, -0.1) is 0 Å². The fourth-order valence-electron chi connectivity index (χ4n) is 3.83. The van der Waals surface area contributed by atoms with Crippen LogP contribution in [0, 0.1) is 16.7 Å². The molecule has 74 valence electrons. The molecule has 0 saturated heterocycles. The Morgan fingerprint density at radius 1 is 1.15 bits per heavy atom. The van der Waals surface area contributed by atoms with Crippen molar-refractivity contribution in [1.29, 1.82) is 0 Å². The van der Waals surface area contributed by atoms with Crippen molar-refractivity contribution in [3.05, 3.63) is 0 Å². The molecule has 0 spiro atoms. The third-order valence-electron chi connectivity index (χ3n) is 4.31. The number of hydrogen-bond acceptors (Lipinski definition) is 1. The summed E-state index contributed by atoms with van der Waals surface area (Å²) in [5.41, 5.74) is 0.611. The molecule has 0 aromatic carbocycles. The first kappa shape index (κ1) is 9.23. The van der Waals surface area contributed by atoms with Gasteiger partial charge in [0.2, 0.25) is 0 Å².